The molecule has 1 amide bonds. The number of ether oxygens (including phenoxy) is 2. The standard InChI is InChI=1S/C42H54BrN12O4P/c1-42(2,3)59-41(56)54-14-10-28(11-15-54)55-25-29(26-55)52-16-18-53(19-17-52)35-21-36(58-5)34(20-30(35)27-22-47-51(4)24-27)49-40-46-23-31(43)39(50-40)48-33-9-8-32-37(45-13-12-44-32)38(33)60(6,7)57/h8-9,12-13,20-24,28-29H,10-11,14-19,25-26H2,1-7H3,(H2,46,48,49,50). The Balaban J connectivity index is 0.958. The number of hydrogen-bond donors (Lipinski definition) is 2. The first kappa shape index (κ1) is 41.9. The molecule has 318 valence electrons. The lowest BCUT2D eigenvalue weighted by Gasteiger charge is -2.52. The number of fused-ring (bicyclic) bond motifs is 1. The maximum atomic E-state index is 13.6. The van der Waals surface area contributed by atoms with E-state index in [9.17, 15) is 9.36 Å². The van der Waals surface area contributed by atoms with Crippen LogP contribution in [0.1, 0.15) is 33.6 Å². The van der Waals surface area contributed by atoms with Gasteiger partial charge in [-0.25, -0.2) is 9.78 Å². The molecule has 60 heavy (non-hydrogen) atoms. The number of carbonyl (C=O) groups is 1. The van der Waals surface area contributed by atoms with E-state index >= 15 is 0 Å². The molecule has 3 saturated heterocycles. The summed E-state index contributed by atoms with van der Waals surface area (Å²) in [7, 11) is 0.802. The van der Waals surface area contributed by atoms with Gasteiger partial charge in [0.2, 0.25) is 5.95 Å². The van der Waals surface area contributed by atoms with Crippen molar-refractivity contribution in [1.82, 2.24) is 44.4 Å². The van der Waals surface area contributed by atoms with E-state index in [0.29, 0.717) is 61.8 Å². The summed E-state index contributed by atoms with van der Waals surface area (Å²) in [4.78, 5) is 40.5. The summed E-state index contributed by atoms with van der Waals surface area (Å²) in [6, 6.07) is 8.94. The third-order valence-corrected chi connectivity index (χ3v) is 13.5. The highest BCUT2D eigenvalue weighted by Gasteiger charge is 2.39. The van der Waals surface area contributed by atoms with Gasteiger partial charge >= 0.3 is 6.09 Å². The van der Waals surface area contributed by atoms with Gasteiger partial charge in [-0.15, -0.1) is 0 Å². The van der Waals surface area contributed by atoms with Crippen LogP contribution in [0.15, 0.2) is 59.7 Å². The number of rotatable bonds is 10. The molecule has 0 atom stereocenters. The number of piperazine rings is 1. The van der Waals surface area contributed by atoms with Gasteiger partial charge in [-0.3, -0.25) is 24.4 Å². The van der Waals surface area contributed by atoms with Crippen LogP contribution in [0.4, 0.5) is 33.6 Å². The number of anilines is 5. The minimum absolute atomic E-state index is 0.201. The number of hydrogen-bond acceptors (Lipinski definition) is 14. The molecule has 0 bridgehead atoms. The Labute approximate surface area is 359 Å². The van der Waals surface area contributed by atoms with Crippen LogP contribution in [0.25, 0.3) is 22.2 Å². The fourth-order valence-corrected chi connectivity index (χ4v) is 10.1. The molecule has 5 aromatic rings. The summed E-state index contributed by atoms with van der Waals surface area (Å²) in [5.74, 6) is 1.49. The quantitative estimate of drug-likeness (QED) is 0.146. The number of benzene rings is 2. The SMILES string of the molecule is COc1cc(N2CCN(C3CN(C4CCN(C(=O)OC(C)(C)C)CC4)C3)CC2)c(-c2cnn(C)c2)cc1Nc1ncc(Br)c(Nc2ccc3nccnc3c2P(C)(C)=O)n1. The highest BCUT2D eigenvalue weighted by molar-refractivity contribution is 9.10. The minimum atomic E-state index is -2.79. The normalized spacial score (nSPS) is 17.5. The molecule has 0 aliphatic carbocycles. The highest BCUT2D eigenvalue weighted by atomic mass is 79.9. The molecule has 3 aliphatic rings. The van der Waals surface area contributed by atoms with E-state index in [0.717, 1.165) is 82.0 Å². The number of nitrogens with zero attached hydrogens (tertiary/aromatic N) is 10. The largest absolute Gasteiger partial charge is 0.494 e. The first-order valence-electron chi connectivity index (χ1n) is 20.4. The van der Waals surface area contributed by atoms with Gasteiger partial charge < -0.3 is 34.5 Å². The predicted octanol–water partition coefficient (Wildman–Crippen LogP) is 6.53. The summed E-state index contributed by atoms with van der Waals surface area (Å²) in [6.07, 6.45) is 10.6. The van der Waals surface area contributed by atoms with E-state index in [-0.39, 0.29) is 6.09 Å². The molecule has 0 radical (unpaired) electrons. The second-order valence-corrected chi connectivity index (χ2v) is 21.2. The second kappa shape index (κ2) is 16.9. The number of nitrogens with one attached hydrogen (secondary N) is 2. The van der Waals surface area contributed by atoms with E-state index in [4.69, 9.17) is 14.5 Å². The molecule has 2 aromatic carbocycles. The van der Waals surface area contributed by atoms with Crippen molar-refractivity contribution in [2.45, 2.75) is 51.3 Å². The summed E-state index contributed by atoms with van der Waals surface area (Å²) in [6.45, 7) is 16.5. The molecule has 18 heteroatoms. The first-order valence-corrected chi connectivity index (χ1v) is 23.8. The van der Waals surface area contributed by atoms with Gasteiger partial charge in [0.1, 0.15) is 29.8 Å². The van der Waals surface area contributed by atoms with E-state index in [1.807, 2.05) is 61.9 Å². The van der Waals surface area contributed by atoms with E-state index in [2.05, 4.69) is 73.4 Å². The number of carbonyl (C=O) groups excluding carboxylic acids is 1. The van der Waals surface area contributed by atoms with Crippen molar-refractivity contribution in [1.29, 1.82) is 0 Å². The van der Waals surface area contributed by atoms with Crippen LogP contribution in [0.5, 0.6) is 5.75 Å². The number of aryl methyl sites for hydroxylation is 1. The molecule has 0 unspecified atom stereocenters. The second-order valence-electron chi connectivity index (χ2n) is 17.2. The van der Waals surface area contributed by atoms with Crippen molar-refractivity contribution in [3.05, 3.63) is 59.7 Å². The average Bonchev–Trinajstić information content (AvgIpc) is 3.63. The first-order chi connectivity index (χ1) is 28.6. The molecule has 0 spiro atoms. The zero-order chi connectivity index (χ0) is 42.3. The zero-order valence-electron chi connectivity index (χ0n) is 35.4. The summed E-state index contributed by atoms with van der Waals surface area (Å²) < 4.78 is 27.6. The number of methoxy groups -OCH3 is 1. The van der Waals surface area contributed by atoms with Gasteiger partial charge in [0, 0.05) is 119 Å². The maximum Gasteiger partial charge on any atom is 0.410 e. The number of piperidine rings is 1. The van der Waals surface area contributed by atoms with Crippen LogP contribution < -0.4 is 25.6 Å². The van der Waals surface area contributed by atoms with Crippen molar-refractivity contribution in [3.8, 4) is 16.9 Å². The monoisotopic (exact) mass is 900 g/mol. The summed E-state index contributed by atoms with van der Waals surface area (Å²) >= 11 is 3.61. The topological polar surface area (TPSA) is 159 Å². The Hall–Kier alpha value is -4.83. The number of amides is 1. The summed E-state index contributed by atoms with van der Waals surface area (Å²) in [5, 5.41) is 11.9. The number of aromatic nitrogens is 6. The number of halogens is 1. The lowest BCUT2D eigenvalue weighted by Crippen LogP contribution is -2.66. The lowest BCUT2D eigenvalue weighted by atomic mass is 9.96. The third-order valence-electron chi connectivity index (χ3n) is 11.4. The van der Waals surface area contributed by atoms with Crippen molar-refractivity contribution in [2.24, 2.45) is 7.05 Å². The van der Waals surface area contributed by atoms with Gasteiger partial charge in [-0.05, 0) is 81.1 Å². The van der Waals surface area contributed by atoms with Crippen LogP contribution in [-0.4, -0.2) is 141 Å². The van der Waals surface area contributed by atoms with Crippen LogP contribution in [0.3, 0.4) is 0 Å². The van der Waals surface area contributed by atoms with Crippen molar-refractivity contribution in [3.63, 3.8) is 0 Å². The Morgan fingerprint density at radius 1 is 0.900 bits per heavy atom. The predicted molar refractivity (Wildman–Crippen MR) is 240 cm³/mol. The van der Waals surface area contributed by atoms with Gasteiger partial charge in [0.15, 0.2) is 0 Å². The molecule has 3 aromatic heterocycles. The third kappa shape index (κ3) is 9.09. The van der Waals surface area contributed by atoms with E-state index in [1.54, 1.807) is 39.0 Å². The Morgan fingerprint density at radius 3 is 2.30 bits per heavy atom. The van der Waals surface area contributed by atoms with Crippen molar-refractivity contribution < 1.29 is 18.8 Å². The van der Waals surface area contributed by atoms with Crippen LogP contribution in [0, 0.1) is 0 Å². The van der Waals surface area contributed by atoms with Gasteiger partial charge in [-0.1, -0.05) is 0 Å². The Kier molecular flexibility index (Phi) is 11.8. The fraction of sp³-hybridized carbons (Fsp3) is 0.476. The highest BCUT2D eigenvalue weighted by Crippen LogP contribution is 2.43. The van der Waals surface area contributed by atoms with E-state index in [1.165, 1.54) is 0 Å². The molecule has 3 fully saturated rings. The van der Waals surface area contributed by atoms with E-state index < -0.39 is 12.7 Å². The Morgan fingerprint density at radius 2 is 1.63 bits per heavy atom. The fourth-order valence-electron chi connectivity index (χ4n) is 8.40. The molecular weight excluding hydrogens is 847 g/mol. The van der Waals surface area contributed by atoms with Crippen LogP contribution in [0.2, 0.25) is 0 Å². The maximum absolute atomic E-state index is 13.6. The molecule has 6 heterocycles. The molecule has 3 aliphatic heterocycles. The average molecular weight is 902 g/mol. The van der Waals surface area contributed by atoms with Crippen LogP contribution in [-0.2, 0) is 16.3 Å². The molecular formula is C42H54BrN12O4P. The Bertz CT molecular complexity index is 2410. The van der Waals surface area contributed by atoms with Gasteiger partial charge in [0.05, 0.1) is 40.0 Å². The number of likely N-dealkylation sites (tertiary alicyclic amines) is 2. The zero-order valence-corrected chi connectivity index (χ0v) is 37.8. The smallest absolute Gasteiger partial charge is 0.410 e. The minimum Gasteiger partial charge on any atom is -0.494 e. The van der Waals surface area contributed by atoms with Crippen LogP contribution >= 0.6 is 23.1 Å². The molecule has 0 saturated carbocycles. The molecule has 8 rings (SSSR count). The van der Waals surface area contributed by atoms with Gasteiger partial charge in [-0.2, -0.15) is 10.1 Å². The molecule has 2 N–H and O–H groups in total. The van der Waals surface area contributed by atoms with Crippen molar-refractivity contribution in [2.75, 3.05) is 88.3 Å². The van der Waals surface area contributed by atoms with Gasteiger partial charge in [0.25, 0.3) is 0 Å². The summed E-state index contributed by atoms with van der Waals surface area (Å²) in [5.41, 5.74) is 5.21. The lowest BCUT2D eigenvalue weighted by molar-refractivity contribution is -0.0225. The molecule has 16 nitrogen and oxygen atoms in total. The van der Waals surface area contributed by atoms with Crippen molar-refractivity contribution >= 4 is 74.3 Å².